The molecular formula is C55H36N2. The molecule has 0 atom stereocenters. The van der Waals surface area contributed by atoms with Crippen LogP contribution in [-0.4, -0.2) is 9.97 Å². The molecule has 0 spiro atoms. The van der Waals surface area contributed by atoms with Gasteiger partial charge in [0.15, 0.2) is 5.82 Å². The number of fused-ring (bicyclic) bond motifs is 5. The largest absolute Gasteiger partial charge is 0.228 e. The van der Waals surface area contributed by atoms with E-state index in [2.05, 4.69) is 200 Å². The van der Waals surface area contributed by atoms with Gasteiger partial charge in [0.2, 0.25) is 0 Å². The lowest BCUT2D eigenvalue weighted by Gasteiger charge is -2.34. The number of benzene rings is 9. The Bertz CT molecular complexity index is 3070. The van der Waals surface area contributed by atoms with Gasteiger partial charge in [0.1, 0.15) is 0 Å². The molecule has 1 heterocycles. The molecule has 2 heteroatoms. The van der Waals surface area contributed by atoms with Crippen molar-refractivity contribution in [1.82, 2.24) is 9.97 Å². The van der Waals surface area contributed by atoms with Crippen molar-refractivity contribution in [3.05, 3.63) is 241 Å². The second-order valence-corrected chi connectivity index (χ2v) is 14.9. The summed E-state index contributed by atoms with van der Waals surface area (Å²) >= 11 is 0. The fourth-order valence-corrected chi connectivity index (χ4v) is 9.27. The van der Waals surface area contributed by atoms with Crippen LogP contribution in [0.15, 0.2) is 218 Å². The van der Waals surface area contributed by atoms with E-state index in [1.54, 1.807) is 0 Å². The van der Waals surface area contributed by atoms with Crippen LogP contribution in [-0.2, 0) is 5.41 Å². The van der Waals surface area contributed by atoms with Crippen LogP contribution < -0.4 is 0 Å². The van der Waals surface area contributed by atoms with Gasteiger partial charge in [-0.25, -0.2) is 9.97 Å². The van der Waals surface area contributed by atoms with Crippen LogP contribution in [0.25, 0.3) is 77.7 Å². The first-order valence-corrected chi connectivity index (χ1v) is 19.6. The zero-order valence-electron chi connectivity index (χ0n) is 31.2. The lowest BCUT2D eigenvalue weighted by Crippen LogP contribution is -2.28. The molecule has 1 aliphatic carbocycles. The highest BCUT2D eigenvalue weighted by molar-refractivity contribution is 6.08. The van der Waals surface area contributed by atoms with Crippen molar-refractivity contribution in [3.8, 4) is 56.2 Å². The molecule has 266 valence electrons. The molecule has 0 saturated heterocycles. The molecule has 57 heavy (non-hydrogen) atoms. The summed E-state index contributed by atoms with van der Waals surface area (Å²) in [6, 6.07) is 78.8. The first kappa shape index (κ1) is 33.0. The molecule has 0 saturated carbocycles. The van der Waals surface area contributed by atoms with Crippen LogP contribution in [0.4, 0.5) is 0 Å². The van der Waals surface area contributed by atoms with Gasteiger partial charge in [0, 0.05) is 16.7 Å². The minimum absolute atomic E-state index is 0.464. The second-order valence-electron chi connectivity index (χ2n) is 14.9. The maximum Gasteiger partial charge on any atom is 0.160 e. The van der Waals surface area contributed by atoms with E-state index >= 15 is 0 Å². The maximum atomic E-state index is 5.28. The summed E-state index contributed by atoms with van der Waals surface area (Å²) in [6.45, 7) is 0. The van der Waals surface area contributed by atoms with Crippen LogP contribution in [0.5, 0.6) is 0 Å². The lowest BCUT2D eigenvalue weighted by atomic mass is 9.67. The van der Waals surface area contributed by atoms with E-state index in [9.17, 15) is 0 Å². The van der Waals surface area contributed by atoms with Crippen LogP contribution in [0.1, 0.15) is 22.3 Å². The minimum atomic E-state index is -0.464. The Morgan fingerprint density at radius 2 is 0.877 bits per heavy atom. The summed E-state index contributed by atoms with van der Waals surface area (Å²) in [5.41, 5.74) is 14.6. The summed E-state index contributed by atoms with van der Waals surface area (Å²) in [4.78, 5) is 10.4. The Morgan fingerprint density at radius 3 is 1.63 bits per heavy atom. The second kappa shape index (κ2) is 13.4. The van der Waals surface area contributed by atoms with Gasteiger partial charge in [0.05, 0.1) is 16.8 Å². The standard InChI is InChI=1S/C55H36N2/c1-4-18-38(19-5-1)54-56-51(40-32-31-37-17-10-11-20-39(37)35-40)36-52(57-54)46-34-33-45(43-25-12-13-26-44(43)46)47-28-16-30-50-53(47)48-27-14-15-29-49(48)55(50,41-21-6-2-7-22-41)42-23-8-3-9-24-42/h1-36H. The van der Waals surface area contributed by atoms with E-state index in [-0.39, 0.29) is 0 Å². The van der Waals surface area contributed by atoms with Gasteiger partial charge >= 0.3 is 0 Å². The highest BCUT2D eigenvalue weighted by Gasteiger charge is 2.46. The highest BCUT2D eigenvalue weighted by atomic mass is 14.9. The molecule has 0 fully saturated rings. The van der Waals surface area contributed by atoms with E-state index in [0.29, 0.717) is 5.82 Å². The third kappa shape index (κ3) is 5.26. The van der Waals surface area contributed by atoms with Gasteiger partial charge < -0.3 is 0 Å². The van der Waals surface area contributed by atoms with Crippen LogP contribution in [0.3, 0.4) is 0 Å². The van der Waals surface area contributed by atoms with Crippen LogP contribution in [0.2, 0.25) is 0 Å². The monoisotopic (exact) mass is 724 g/mol. The average molecular weight is 725 g/mol. The van der Waals surface area contributed by atoms with Crippen molar-refractivity contribution in [2.45, 2.75) is 5.41 Å². The molecule has 2 nitrogen and oxygen atoms in total. The third-order valence-corrected chi connectivity index (χ3v) is 11.8. The highest BCUT2D eigenvalue weighted by Crippen LogP contribution is 2.58. The lowest BCUT2D eigenvalue weighted by molar-refractivity contribution is 0.768. The van der Waals surface area contributed by atoms with E-state index in [0.717, 1.165) is 33.5 Å². The van der Waals surface area contributed by atoms with E-state index in [1.807, 2.05) is 18.2 Å². The van der Waals surface area contributed by atoms with Crippen LogP contribution >= 0.6 is 0 Å². The Balaban J connectivity index is 1.14. The Kier molecular flexibility index (Phi) is 7.75. The van der Waals surface area contributed by atoms with Gasteiger partial charge in [-0.05, 0) is 78.2 Å². The fourth-order valence-electron chi connectivity index (χ4n) is 9.27. The number of hydrogen-bond acceptors (Lipinski definition) is 2. The summed E-state index contributed by atoms with van der Waals surface area (Å²) in [6.07, 6.45) is 0. The molecule has 1 aliphatic rings. The summed E-state index contributed by atoms with van der Waals surface area (Å²) < 4.78 is 0. The molecule has 0 N–H and O–H groups in total. The van der Waals surface area contributed by atoms with Gasteiger partial charge in [-0.15, -0.1) is 0 Å². The predicted molar refractivity (Wildman–Crippen MR) is 236 cm³/mol. The molecule has 1 aromatic heterocycles. The van der Waals surface area contributed by atoms with Gasteiger partial charge in [-0.1, -0.05) is 206 Å². The minimum Gasteiger partial charge on any atom is -0.228 e. The molecule has 11 rings (SSSR count). The fraction of sp³-hybridized carbons (Fsp3) is 0.0182. The van der Waals surface area contributed by atoms with Gasteiger partial charge in [-0.3, -0.25) is 0 Å². The molecule has 0 radical (unpaired) electrons. The normalized spacial score (nSPS) is 12.7. The first-order chi connectivity index (χ1) is 28.3. The quantitative estimate of drug-likeness (QED) is 0.171. The summed E-state index contributed by atoms with van der Waals surface area (Å²) in [5, 5.41) is 4.73. The SMILES string of the molecule is c1ccc(-c2nc(-c3ccc4ccccc4c3)cc(-c3ccc(-c4cccc5c4-c4ccccc4C5(c4ccccc4)c4ccccc4)c4ccccc34)n2)cc1. The van der Waals surface area contributed by atoms with Crippen molar-refractivity contribution >= 4 is 21.5 Å². The Morgan fingerprint density at radius 1 is 0.316 bits per heavy atom. The van der Waals surface area contributed by atoms with Crippen molar-refractivity contribution in [3.63, 3.8) is 0 Å². The van der Waals surface area contributed by atoms with Crippen molar-refractivity contribution in [2.75, 3.05) is 0 Å². The topological polar surface area (TPSA) is 25.8 Å². The van der Waals surface area contributed by atoms with Gasteiger partial charge in [-0.2, -0.15) is 0 Å². The molecule has 0 unspecified atom stereocenters. The molecule has 10 aromatic rings. The maximum absolute atomic E-state index is 5.28. The van der Waals surface area contributed by atoms with Crippen molar-refractivity contribution < 1.29 is 0 Å². The zero-order valence-corrected chi connectivity index (χ0v) is 31.2. The average Bonchev–Trinajstić information content (AvgIpc) is 3.60. The van der Waals surface area contributed by atoms with Crippen molar-refractivity contribution in [2.24, 2.45) is 0 Å². The number of hydrogen-bond donors (Lipinski definition) is 0. The Hall–Kier alpha value is -7.42. The Labute approximate surface area is 332 Å². The molecule has 9 aromatic carbocycles. The van der Waals surface area contributed by atoms with E-state index in [1.165, 1.54) is 60.7 Å². The third-order valence-electron chi connectivity index (χ3n) is 11.8. The van der Waals surface area contributed by atoms with E-state index < -0.39 is 5.41 Å². The van der Waals surface area contributed by atoms with E-state index in [4.69, 9.17) is 9.97 Å². The molecule has 0 bridgehead atoms. The molecule has 0 amide bonds. The molecule has 0 aliphatic heterocycles. The zero-order chi connectivity index (χ0) is 37.8. The smallest absolute Gasteiger partial charge is 0.160 e. The summed E-state index contributed by atoms with van der Waals surface area (Å²) in [7, 11) is 0. The summed E-state index contributed by atoms with van der Waals surface area (Å²) in [5.74, 6) is 0.708. The number of nitrogens with zero attached hydrogens (tertiary/aromatic N) is 2. The first-order valence-electron chi connectivity index (χ1n) is 19.6. The van der Waals surface area contributed by atoms with Crippen LogP contribution in [0, 0.1) is 0 Å². The predicted octanol–water partition coefficient (Wildman–Crippen LogP) is 13.8. The molecular weight excluding hydrogens is 689 g/mol. The number of rotatable bonds is 6. The van der Waals surface area contributed by atoms with Crippen molar-refractivity contribution in [1.29, 1.82) is 0 Å². The number of aromatic nitrogens is 2. The van der Waals surface area contributed by atoms with Gasteiger partial charge in [0.25, 0.3) is 0 Å².